The fraction of sp³-hybridized carbons (Fsp3) is 0.727. The van der Waals surface area contributed by atoms with Gasteiger partial charge in [0.1, 0.15) is 19.2 Å². The topological polar surface area (TPSA) is 197 Å². The summed E-state index contributed by atoms with van der Waals surface area (Å²) in [6.07, 6.45) is -1.60. The van der Waals surface area contributed by atoms with E-state index in [2.05, 4.69) is 4.52 Å². The second-order valence-electron chi connectivity index (χ2n) is 5.90. The van der Waals surface area contributed by atoms with E-state index in [0.29, 0.717) is 4.48 Å². The maximum absolute atomic E-state index is 10.6. The first kappa shape index (κ1) is 24.5. The number of hydrogen-bond acceptors (Lipinski definition) is 6. The smallest absolute Gasteiger partial charge is 0.470 e. The van der Waals surface area contributed by atoms with Crippen LogP contribution in [0.2, 0.25) is 0 Å². The molecule has 0 amide bonds. The Labute approximate surface area is 139 Å². The molecule has 24 heavy (non-hydrogen) atoms. The first-order valence-corrected chi connectivity index (χ1v) is 8.07. The van der Waals surface area contributed by atoms with Crippen molar-refractivity contribution in [2.24, 2.45) is 5.73 Å². The van der Waals surface area contributed by atoms with Crippen LogP contribution in [0, 0.1) is 5.41 Å². The maximum atomic E-state index is 10.6. The van der Waals surface area contributed by atoms with Gasteiger partial charge in [0.05, 0.1) is 21.1 Å². The average molecular weight is 372 g/mol. The van der Waals surface area contributed by atoms with Gasteiger partial charge >= 0.3 is 13.8 Å². The normalized spacial score (nSPS) is 12.6. The number of quaternary nitrogens is 1. The third-order valence-electron chi connectivity index (χ3n) is 2.22. The van der Waals surface area contributed by atoms with Crippen LogP contribution in [0.1, 0.15) is 6.42 Å². The number of nitrogens with zero attached hydrogens (tertiary/aromatic N) is 2. The van der Waals surface area contributed by atoms with Crippen molar-refractivity contribution in [3.63, 3.8) is 0 Å². The van der Waals surface area contributed by atoms with Crippen molar-refractivity contribution < 1.29 is 43.2 Å². The minimum Gasteiger partial charge on any atom is -0.550 e. The van der Waals surface area contributed by atoms with E-state index in [0.717, 1.165) is 4.90 Å². The SMILES string of the molecule is CN(CC(=O)O)C(=N)N.C[N+](C)(C)C[C@@H](CC(=O)[O-])OP(=O)(O)O. The Balaban J connectivity index is 0. The van der Waals surface area contributed by atoms with E-state index >= 15 is 0 Å². The van der Waals surface area contributed by atoms with Gasteiger partial charge in [0.25, 0.3) is 0 Å². The highest BCUT2D eigenvalue weighted by molar-refractivity contribution is 7.46. The number of guanidine groups is 1. The van der Waals surface area contributed by atoms with Gasteiger partial charge in [0.15, 0.2) is 5.96 Å². The zero-order chi connectivity index (χ0) is 19.7. The number of carbonyl (C=O) groups excluding carboxylic acids is 1. The van der Waals surface area contributed by atoms with Crippen LogP contribution >= 0.6 is 7.82 Å². The summed E-state index contributed by atoms with van der Waals surface area (Å²) >= 11 is 0. The predicted octanol–water partition coefficient (Wildman–Crippen LogP) is -2.79. The van der Waals surface area contributed by atoms with Crippen LogP contribution in [0.3, 0.4) is 0 Å². The Hall–Kier alpha value is -1.72. The molecule has 0 saturated carbocycles. The highest BCUT2D eigenvalue weighted by Crippen LogP contribution is 2.38. The number of carboxylic acid groups (broad SMARTS) is 2. The quantitative estimate of drug-likeness (QED) is 0.128. The summed E-state index contributed by atoms with van der Waals surface area (Å²) in [5.41, 5.74) is 4.93. The van der Waals surface area contributed by atoms with Crippen LogP contribution in [-0.4, -0.2) is 89.6 Å². The standard InChI is InChI=1S/C7H16NO6P.C4H9N3O2/c1-8(2,3)5-6(4-7(9)10)14-15(11,12)13;1-7(4(5)6)2-3(8)9/h6H,4-5H2,1-3H3,(H2-,9,10,11,12,13);2H2,1H3,(H3,5,6)(H,8,9)/t6-;/m1./s1. The number of carboxylic acids is 2. The van der Waals surface area contributed by atoms with Crippen LogP contribution in [0.25, 0.3) is 0 Å². The molecule has 6 N–H and O–H groups in total. The molecule has 0 bridgehead atoms. The van der Waals surface area contributed by atoms with E-state index in [1.54, 1.807) is 21.1 Å². The molecule has 0 aliphatic rings. The van der Waals surface area contributed by atoms with E-state index in [-0.39, 0.29) is 19.0 Å². The first-order chi connectivity index (χ1) is 10.5. The van der Waals surface area contributed by atoms with Crippen molar-refractivity contribution in [2.45, 2.75) is 12.5 Å². The summed E-state index contributed by atoms with van der Waals surface area (Å²) < 4.78 is 15.2. The van der Waals surface area contributed by atoms with Gasteiger partial charge < -0.3 is 39.9 Å². The molecule has 0 aromatic carbocycles. The summed E-state index contributed by atoms with van der Waals surface area (Å²) in [6, 6.07) is 0. The molecule has 142 valence electrons. The lowest BCUT2D eigenvalue weighted by Gasteiger charge is -2.29. The molecule has 0 aromatic heterocycles. The average Bonchev–Trinajstić information content (AvgIpc) is 2.22. The van der Waals surface area contributed by atoms with Gasteiger partial charge in [0.2, 0.25) is 0 Å². The van der Waals surface area contributed by atoms with E-state index in [1.165, 1.54) is 7.05 Å². The van der Waals surface area contributed by atoms with Gasteiger partial charge in [-0.3, -0.25) is 14.7 Å². The maximum Gasteiger partial charge on any atom is 0.470 e. The van der Waals surface area contributed by atoms with Gasteiger partial charge in [-0.1, -0.05) is 0 Å². The summed E-state index contributed by atoms with van der Waals surface area (Å²) in [4.78, 5) is 38.5. The predicted molar refractivity (Wildman–Crippen MR) is 81.6 cm³/mol. The number of hydrogen-bond donors (Lipinski definition) is 5. The van der Waals surface area contributed by atoms with Crippen molar-refractivity contribution in [2.75, 3.05) is 41.3 Å². The Morgan fingerprint density at radius 2 is 1.83 bits per heavy atom. The molecule has 0 aliphatic heterocycles. The molecule has 0 aliphatic carbocycles. The first-order valence-electron chi connectivity index (χ1n) is 6.54. The van der Waals surface area contributed by atoms with Crippen molar-refractivity contribution in [1.29, 1.82) is 5.41 Å². The van der Waals surface area contributed by atoms with Gasteiger partial charge in [-0.2, -0.15) is 0 Å². The van der Waals surface area contributed by atoms with Crippen LogP contribution in [0.4, 0.5) is 0 Å². The number of rotatable bonds is 8. The van der Waals surface area contributed by atoms with Gasteiger partial charge in [0, 0.05) is 19.4 Å². The molecular formula is C11H25N4O8P. The lowest BCUT2D eigenvalue weighted by molar-refractivity contribution is -0.873. The fourth-order valence-corrected chi connectivity index (χ4v) is 1.94. The molecule has 0 saturated heterocycles. The number of nitrogens with two attached hydrogens (primary N) is 1. The summed E-state index contributed by atoms with van der Waals surface area (Å²) in [5.74, 6) is -2.63. The second kappa shape index (κ2) is 10.2. The van der Waals surface area contributed by atoms with Crippen molar-refractivity contribution in [1.82, 2.24) is 4.90 Å². The Kier molecular flexibility index (Phi) is 10.4. The zero-order valence-electron chi connectivity index (χ0n) is 14.0. The van der Waals surface area contributed by atoms with E-state index in [4.69, 9.17) is 26.0 Å². The van der Waals surface area contributed by atoms with Gasteiger partial charge in [-0.25, -0.2) is 4.57 Å². The van der Waals surface area contributed by atoms with Crippen LogP contribution in [0.5, 0.6) is 0 Å². The molecule has 13 heteroatoms. The molecular weight excluding hydrogens is 347 g/mol. The lowest BCUT2D eigenvalue weighted by Crippen LogP contribution is -2.44. The molecule has 0 fully saturated rings. The molecule has 1 atom stereocenters. The summed E-state index contributed by atoms with van der Waals surface area (Å²) in [6.45, 7) is -0.0611. The van der Waals surface area contributed by atoms with Crippen LogP contribution < -0.4 is 10.8 Å². The number of aliphatic carboxylic acids is 2. The van der Waals surface area contributed by atoms with Gasteiger partial charge in [-0.15, -0.1) is 0 Å². The molecule has 0 spiro atoms. The van der Waals surface area contributed by atoms with Crippen molar-refractivity contribution in [3.05, 3.63) is 0 Å². The van der Waals surface area contributed by atoms with Gasteiger partial charge in [-0.05, 0) is 0 Å². The fourth-order valence-electron chi connectivity index (χ4n) is 1.41. The highest BCUT2D eigenvalue weighted by atomic mass is 31.2. The zero-order valence-corrected chi connectivity index (χ0v) is 14.9. The molecule has 0 unspecified atom stereocenters. The monoisotopic (exact) mass is 372 g/mol. The molecule has 12 nitrogen and oxygen atoms in total. The molecule has 0 aromatic rings. The minimum atomic E-state index is -4.67. The Morgan fingerprint density at radius 3 is 2.04 bits per heavy atom. The third kappa shape index (κ3) is 18.3. The number of nitrogens with one attached hydrogen (secondary N) is 1. The van der Waals surface area contributed by atoms with E-state index < -0.39 is 32.3 Å². The molecule has 0 rings (SSSR count). The number of carbonyl (C=O) groups is 2. The van der Waals surface area contributed by atoms with E-state index in [1.807, 2.05) is 0 Å². The van der Waals surface area contributed by atoms with Crippen LogP contribution in [0.15, 0.2) is 0 Å². The van der Waals surface area contributed by atoms with E-state index in [9.17, 15) is 19.3 Å². The van der Waals surface area contributed by atoms with Crippen molar-refractivity contribution in [3.8, 4) is 0 Å². The molecule has 0 heterocycles. The highest BCUT2D eigenvalue weighted by Gasteiger charge is 2.27. The number of likely N-dealkylation sites (N-methyl/N-ethyl adjacent to an activating group) is 2. The minimum absolute atomic E-state index is 0.166. The summed E-state index contributed by atoms with van der Waals surface area (Å²) in [5, 5.41) is 25.2. The Bertz CT molecular complexity index is 487. The Morgan fingerprint density at radius 1 is 1.38 bits per heavy atom. The largest absolute Gasteiger partial charge is 0.550 e. The molecule has 0 radical (unpaired) electrons. The van der Waals surface area contributed by atoms with Crippen molar-refractivity contribution >= 4 is 25.7 Å². The van der Waals surface area contributed by atoms with Crippen LogP contribution in [-0.2, 0) is 18.7 Å². The third-order valence-corrected chi connectivity index (χ3v) is 2.79. The number of phosphoric acid groups is 1. The summed E-state index contributed by atoms with van der Waals surface area (Å²) in [7, 11) is 2.04. The number of phosphoric ester groups is 1. The lowest BCUT2D eigenvalue weighted by atomic mass is 10.2. The second-order valence-corrected chi connectivity index (χ2v) is 7.09.